The SMILES string of the molecule is Cc1nc2c(o1)CN(C(=O)CC(C)C)CC2. The number of rotatable bonds is 2. The van der Waals surface area contributed by atoms with Crippen molar-refractivity contribution >= 4 is 5.91 Å². The van der Waals surface area contributed by atoms with Crippen LogP contribution < -0.4 is 0 Å². The highest BCUT2D eigenvalue weighted by atomic mass is 16.4. The lowest BCUT2D eigenvalue weighted by Crippen LogP contribution is -2.36. The lowest BCUT2D eigenvalue weighted by molar-refractivity contribution is -0.133. The molecule has 0 spiro atoms. The van der Waals surface area contributed by atoms with E-state index in [1.807, 2.05) is 11.8 Å². The summed E-state index contributed by atoms with van der Waals surface area (Å²) < 4.78 is 5.49. The van der Waals surface area contributed by atoms with Crippen LogP contribution in [0.4, 0.5) is 0 Å². The number of aromatic nitrogens is 1. The van der Waals surface area contributed by atoms with Gasteiger partial charge in [-0.1, -0.05) is 13.8 Å². The van der Waals surface area contributed by atoms with Gasteiger partial charge in [0.1, 0.15) is 5.76 Å². The first-order chi connectivity index (χ1) is 7.56. The lowest BCUT2D eigenvalue weighted by atomic mass is 10.1. The van der Waals surface area contributed by atoms with Gasteiger partial charge in [-0.3, -0.25) is 4.79 Å². The van der Waals surface area contributed by atoms with Crippen LogP contribution in [0, 0.1) is 12.8 Å². The van der Waals surface area contributed by atoms with Gasteiger partial charge in [-0.2, -0.15) is 0 Å². The summed E-state index contributed by atoms with van der Waals surface area (Å²) in [5.74, 6) is 2.18. The number of oxazole rings is 1. The zero-order valence-corrected chi connectivity index (χ0v) is 10.1. The van der Waals surface area contributed by atoms with Crippen LogP contribution in [0.15, 0.2) is 4.42 Å². The summed E-state index contributed by atoms with van der Waals surface area (Å²) in [4.78, 5) is 18.1. The highest BCUT2D eigenvalue weighted by molar-refractivity contribution is 5.76. The molecule has 4 nitrogen and oxygen atoms in total. The molecular weight excluding hydrogens is 204 g/mol. The molecule has 2 rings (SSSR count). The van der Waals surface area contributed by atoms with Crippen molar-refractivity contribution in [1.82, 2.24) is 9.88 Å². The molecule has 0 atom stereocenters. The third kappa shape index (κ3) is 2.26. The van der Waals surface area contributed by atoms with E-state index in [0.29, 0.717) is 24.8 Å². The van der Waals surface area contributed by atoms with Crippen LogP contribution in [0.2, 0.25) is 0 Å². The van der Waals surface area contributed by atoms with Crippen molar-refractivity contribution in [3.05, 3.63) is 17.3 Å². The van der Waals surface area contributed by atoms with Gasteiger partial charge in [0.15, 0.2) is 5.89 Å². The molecule has 0 unspecified atom stereocenters. The fraction of sp³-hybridized carbons (Fsp3) is 0.667. The smallest absolute Gasteiger partial charge is 0.223 e. The predicted molar refractivity (Wildman–Crippen MR) is 59.8 cm³/mol. The highest BCUT2D eigenvalue weighted by Crippen LogP contribution is 2.20. The molecule has 0 radical (unpaired) electrons. The molecule has 1 aromatic heterocycles. The summed E-state index contributed by atoms with van der Waals surface area (Å²) in [6.45, 7) is 7.32. The van der Waals surface area contributed by atoms with Gasteiger partial charge in [-0.25, -0.2) is 4.98 Å². The number of carbonyl (C=O) groups is 1. The van der Waals surface area contributed by atoms with Gasteiger partial charge >= 0.3 is 0 Å². The summed E-state index contributed by atoms with van der Waals surface area (Å²) in [5, 5.41) is 0. The summed E-state index contributed by atoms with van der Waals surface area (Å²) >= 11 is 0. The molecule has 2 heterocycles. The largest absolute Gasteiger partial charge is 0.444 e. The third-order valence-electron chi connectivity index (χ3n) is 2.77. The normalized spacial score (nSPS) is 15.4. The van der Waals surface area contributed by atoms with E-state index in [1.54, 1.807) is 0 Å². The number of carbonyl (C=O) groups excluding carboxylic acids is 1. The zero-order chi connectivity index (χ0) is 11.7. The van der Waals surface area contributed by atoms with Crippen LogP contribution in [0.5, 0.6) is 0 Å². The van der Waals surface area contributed by atoms with Crippen molar-refractivity contribution in [3.63, 3.8) is 0 Å². The summed E-state index contributed by atoms with van der Waals surface area (Å²) in [5.41, 5.74) is 1.02. The quantitative estimate of drug-likeness (QED) is 0.768. The average molecular weight is 222 g/mol. The Labute approximate surface area is 95.6 Å². The fourth-order valence-corrected chi connectivity index (χ4v) is 2.02. The fourth-order valence-electron chi connectivity index (χ4n) is 2.02. The van der Waals surface area contributed by atoms with Crippen molar-refractivity contribution in [3.8, 4) is 0 Å². The second-order valence-corrected chi connectivity index (χ2v) is 4.77. The van der Waals surface area contributed by atoms with Gasteiger partial charge < -0.3 is 9.32 Å². The predicted octanol–water partition coefficient (Wildman–Crippen LogP) is 1.91. The van der Waals surface area contributed by atoms with Crippen molar-refractivity contribution in [2.45, 2.75) is 40.2 Å². The van der Waals surface area contributed by atoms with Crippen LogP contribution in [-0.4, -0.2) is 22.3 Å². The Kier molecular flexibility index (Phi) is 2.99. The van der Waals surface area contributed by atoms with Gasteiger partial charge in [-0.15, -0.1) is 0 Å². The molecule has 4 heteroatoms. The zero-order valence-electron chi connectivity index (χ0n) is 10.1. The van der Waals surface area contributed by atoms with Crippen LogP contribution in [0.3, 0.4) is 0 Å². The Hall–Kier alpha value is -1.32. The lowest BCUT2D eigenvalue weighted by Gasteiger charge is -2.25. The van der Waals surface area contributed by atoms with E-state index in [-0.39, 0.29) is 5.91 Å². The Bertz CT molecular complexity index is 396. The maximum atomic E-state index is 11.9. The maximum Gasteiger partial charge on any atom is 0.223 e. The number of fused-ring (bicyclic) bond motifs is 1. The molecule has 1 aliphatic rings. The summed E-state index contributed by atoms with van der Waals surface area (Å²) in [6.07, 6.45) is 1.43. The molecular formula is C12H18N2O2. The minimum absolute atomic E-state index is 0.217. The van der Waals surface area contributed by atoms with E-state index < -0.39 is 0 Å². The standard InChI is InChI=1S/C12H18N2O2/c1-8(2)6-12(15)14-5-4-10-11(7-14)16-9(3)13-10/h8H,4-7H2,1-3H3. The molecule has 1 aliphatic heterocycles. The van der Waals surface area contributed by atoms with Gasteiger partial charge in [0.25, 0.3) is 0 Å². The molecule has 0 aromatic carbocycles. The number of hydrogen-bond acceptors (Lipinski definition) is 3. The van der Waals surface area contributed by atoms with Gasteiger partial charge in [-0.05, 0) is 5.92 Å². The molecule has 16 heavy (non-hydrogen) atoms. The maximum absolute atomic E-state index is 11.9. The van der Waals surface area contributed by atoms with Crippen molar-refractivity contribution in [2.75, 3.05) is 6.54 Å². The molecule has 88 valence electrons. The van der Waals surface area contributed by atoms with E-state index in [9.17, 15) is 4.79 Å². The minimum atomic E-state index is 0.217. The molecule has 0 saturated carbocycles. The van der Waals surface area contributed by atoms with E-state index >= 15 is 0 Å². The number of aryl methyl sites for hydroxylation is 1. The summed E-state index contributed by atoms with van der Waals surface area (Å²) in [6, 6.07) is 0. The Morgan fingerprint density at radius 3 is 3.00 bits per heavy atom. The Balaban J connectivity index is 2.04. The number of amides is 1. The monoisotopic (exact) mass is 222 g/mol. The molecule has 0 bridgehead atoms. The summed E-state index contributed by atoms with van der Waals surface area (Å²) in [7, 11) is 0. The van der Waals surface area contributed by atoms with E-state index in [0.717, 1.165) is 24.4 Å². The van der Waals surface area contributed by atoms with Crippen LogP contribution in [0.1, 0.15) is 37.6 Å². The topological polar surface area (TPSA) is 46.3 Å². The van der Waals surface area contributed by atoms with Crippen LogP contribution in [0.25, 0.3) is 0 Å². The number of nitrogens with zero attached hydrogens (tertiary/aromatic N) is 2. The molecule has 1 amide bonds. The van der Waals surface area contributed by atoms with E-state index in [1.165, 1.54) is 0 Å². The van der Waals surface area contributed by atoms with E-state index in [2.05, 4.69) is 18.8 Å². The molecule has 0 aliphatic carbocycles. The van der Waals surface area contributed by atoms with Crippen molar-refractivity contribution < 1.29 is 9.21 Å². The van der Waals surface area contributed by atoms with Crippen molar-refractivity contribution in [1.29, 1.82) is 0 Å². The minimum Gasteiger partial charge on any atom is -0.444 e. The first-order valence-corrected chi connectivity index (χ1v) is 5.79. The molecule has 0 fully saturated rings. The first-order valence-electron chi connectivity index (χ1n) is 5.79. The second kappa shape index (κ2) is 4.28. The van der Waals surface area contributed by atoms with Gasteiger partial charge in [0.2, 0.25) is 5.91 Å². The van der Waals surface area contributed by atoms with Crippen LogP contribution >= 0.6 is 0 Å². The van der Waals surface area contributed by atoms with Gasteiger partial charge in [0, 0.05) is 26.3 Å². The Morgan fingerprint density at radius 1 is 1.56 bits per heavy atom. The van der Waals surface area contributed by atoms with Crippen molar-refractivity contribution in [2.24, 2.45) is 5.92 Å². The first kappa shape index (κ1) is 11.2. The molecule has 0 N–H and O–H groups in total. The second-order valence-electron chi connectivity index (χ2n) is 4.77. The Morgan fingerprint density at radius 2 is 2.31 bits per heavy atom. The van der Waals surface area contributed by atoms with Crippen LogP contribution in [-0.2, 0) is 17.8 Å². The molecule has 1 aromatic rings. The van der Waals surface area contributed by atoms with Gasteiger partial charge in [0.05, 0.1) is 12.2 Å². The van der Waals surface area contributed by atoms with E-state index in [4.69, 9.17) is 4.42 Å². The average Bonchev–Trinajstić information content (AvgIpc) is 2.55. The number of hydrogen-bond donors (Lipinski definition) is 0. The molecule has 0 saturated heterocycles. The highest BCUT2D eigenvalue weighted by Gasteiger charge is 2.24. The third-order valence-corrected chi connectivity index (χ3v) is 2.77.